The fourth-order valence-corrected chi connectivity index (χ4v) is 4.87. The Balaban J connectivity index is 1.75. The number of allylic oxidation sites excluding steroid dienone is 8. The Morgan fingerprint density at radius 2 is 1.87 bits per heavy atom. The third-order valence-corrected chi connectivity index (χ3v) is 6.77. The Kier molecular flexibility index (Phi) is 5.75. The summed E-state index contributed by atoms with van der Waals surface area (Å²) in [7, 11) is 0. The van der Waals surface area contributed by atoms with Gasteiger partial charge in [0, 0.05) is 0 Å². The highest BCUT2D eigenvalue weighted by molar-refractivity contribution is 5.87. The molecule has 0 N–H and O–H groups in total. The molecule has 158 valence electrons. The molecule has 0 saturated carbocycles. The molecule has 0 amide bonds. The van der Waals surface area contributed by atoms with E-state index in [0.29, 0.717) is 0 Å². The van der Waals surface area contributed by atoms with Crippen LogP contribution < -0.4 is 0 Å². The van der Waals surface area contributed by atoms with Crippen molar-refractivity contribution in [1.29, 1.82) is 0 Å². The summed E-state index contributed by atoms with van der Waals surface area (Å²) in [6.07, 6.45) is 14.9. The molecule has 2 aliphatic carbocycles. The van der Waals surface area contributed by atoms with Crippen molar-refractivity contribution in [3.8, 4) is 0 Å². The Bertz CT molecular complexity index is 1160. The lowest BCUT2D eigenvalue weighted by Gasteiger charge is -2.33. The number of rotatable bonds is 4. The minimum Gasteiger partial charge on any atom is -0.0955 e. The Morgan fingerprint density at radius 3 is 2.55 bits per heavy atom. The van der Waals surface area contributed by atoms with Crippen LogP contribution in [-0.4, -0.2) is 0 Å². The predicted molar refractivity (Wildman–Crippen MR) is 138 cm³/mol. The topological polar surface area (TPSA) is 0 Å². The summed E-state index contributed by atoms with van der Waals surface area (Å²) in [4.78, 5) is 0. The molecule has 0 saturated heterocycles. The first-order chi connectivity index (χ1) is 14.8. The first kappa shape index (κ1) is 21.4. The minimum atomic E-state index is 0.177. The van der Waals surface area contributed by atoms with Gasteiger partial charge in [0.15, 0.2) is 0 Å². The summed E-state index contributed by atoms with van der Waals surface area (Å²) in [5.41, 5.74) is 13.5. The summed E-state index contributed by atoms with van der Waals surface area (Å²) in [6.45, 7) is 15.3. The van der Waals surface area contributed by atoms with E-state index in [4.69, 9.17) is 0 Å². The number of hydrogen-bond acceptors (Lipinski definition) is 0. The molecule has 0 unspecified atom stereocenters. The van der Waals surface area contributed by atoms with Crippen molar-refractivity contribution in [3.05, 3.63) is 106 Å². The molecule has 2 aromatic rings. The maximum atomic E-state index is 4.08. The smallest absolute Gasteiger partial charge is 0.00626 e. The zero-order valence-corrected chi connectivity index (χ0v) is 19.7. The molecule has 0 aromatic heterocycles. The average molecular weight is 407 g/mol. The highest BCUT2D eigenvalue weighted by atomic mass is 14.3. The van der Waals surface area contributed by atoms with Crippen molar-refractivity contribution in [2.75, 3.05) is 0 Å². The maximum Gasteiger partial charge on any atom is -0.00626 e. The Labute approximate surface area is 188 Å². The second kappa shape index (κ2) is 8.35. The molecule has 0 radical (unpaired) electrons. The second-order valence-corrected chi connectivity index (χ2v) is 9.81. The largest absolute Gasteiger partial charge is 0.0955 e. The molecule has 0 heteroatoms. The van der Waals surface area contributed by atoms with E-state index in [-0.39, 0.29) is 5.41 Å². The van der Waals surface area contributed by atoms with Crippen LogP contribution in [0.1, 0.15) is 80.3 Å². The van der Waals surface area contributed by atoms with Crippen molar-refractivity contribution in [1.82, 2.24) is 0 Å². The van der Waals surface area contributed by atoms with Gasteiger partial charge in [0.1, 0.15) is 0 Å². The summed E-state index contributed by atoms with van der Waals surface area (Å²) < 4.78 is 0. The van der Waals surface area contributed by atoms with Gasteiger partial charge < -0.3 is 0 Å². The van der Waals surface area contributed by atoms with Crippen LogP contribution in [0.3, 0.4) is 0 Å². The Morgan fingerprint density at radius 1 is 1.06 bits per heavy atom. The molecule has 0 aliphatic heterocycles. The lowest BCUT2D eigenvalue weighted by atomic mass is 9.71. The molecule has 0 heterocycles. The zero-order valence-electron chi connectivity index (χ0n) is 19.7. The third kappa shape index (κ3) is 4.30. The summed E-state index contributed by atoms with van der Waals surface area (Å²) in [5.74, 6) is 0. The quantitative estimate of drug-likeness (QED) is 0.445. The van der Waals surface area contributed by atoms with Gasteiger partial charge >= 0.3 is 0 Å². The van der Waals surface area contributed by atoms with E-state index in [1.807, 2.05) is 0 Å². The molecule has 0 spiro atoms. The molecule has 0 atom stereocenters. The first-order valence-corrected chi connectivity index (χ1v) is 11.4. The molecule has 4 rings (SSSR count). The van der Waals surface area contributed by atoms with Gasteiger partial charge in [0.2, 0.25) is 0 Å². The van der Waals surface area contributed by atoms with Gasteiger partial charge in [-0.15, -0.1) is 0 Å². The van der Waals surface area contributed by atoms with Gasteiger partial charge in [0.25, 0.3) is 0 Å². The number of aryl methyl sites for hydroxylation is 1. The lowest BCUT2D eigenvalue weighted by molar-refractivity contribution is 0.527. The van der Waals surface area contributed by atoms with E-state index < -0.39 is 0 Å². The minimum absolute atomic E-state index is 0.177. The van der Waals surface area contributed by atoms with Gasteiger partial charge in [-0.2, -0.15) is 0 Å². The lowest BCUT2D eigenvalue weighted by Crippen LogP contribution is -2.22. The van der Waals surface area contributed by atoms with Crippen LogP contribution in [0.2, 0.25) is 0 Å². The normalized spacial score (nSPS) is 17.6. The third-order valence-electron chi connectivity index (χ3n) is 6.77. The number of fused-ring (bicyclic) bond motifs is 1. The molecule has 0 fully saturated rings. The van der Waals surface area contributed by atoms with Crippen LogP contribution in [0.15, 0.2) is 72.9 Å². The van der Waals surface area contributed by atoms with Gasteiger partial charge in [0.05, 0.1) is 0 Å². The predicted octanol–water partition coefficient (Wildman–Crippen LogP) is 8.93. The molecule has 2 aromatic carbocycles. The van der Waals surface area contributed by atoms with Gasteiger partial charge in [-0.1, -0.05) is 86.7 Å². The number of benzene rings is 2. The van der Waals surface area contributed by atoms with Crippen molar-refractivity contribution in [2.45, 2.75) is 59.3 Å². The van der Waals surface area contributed by atoms with Crippen molar-refractivity contribution >= 4 is 22.8 Å². The molecule has 0 bridgehead atoms. The number of hydrogen-bond donors (Lipinski definition) is 0. The van der Waals surface area contributed by atoms with E-state index in [2.05, 4.69) is 108 Å². The van der Waals surface area contributed by atoms with E-state index >= 15 is 0 Å². The van der Waals surface area contributed by atoms with Crippen LogP contribution in [0.5, 0.6) is 0 Å². The van der Waals surface area contributed by atoms with E-state index in [9.17, 15) is 0 Å². The summed E-state index contributed by atoms with van der Waals surface area (Å²) >= 11 is 0. The standard InChI is InChI=1S/C31H34/c1-21(2)26-13-14-27(23(4)19-26)22(3)18-24-12-15-30-29(20-24)28(16-17-31(30,5)6)25-10-8-7-9-11-25/h7-8,10,12-16,18-20H,1,9,11,17H2,2-6H3/b22-18+. The monoisotopic (exact) mass is 406 g/mol. The molecule has 0 nitrogen and oxygen atoms in total. The van der Waals surface area contributed by atoms with Crippen molar-refractivity contribution in [3.63, 3.8) is 0 Å². The van der Waals surface area contributed by atoms with Gasteiger partial charge in [-0.05, 0) is 102 Å². The molecule has 2 aliphatic rings. The van der Waals surface area contributed by atoms with Crippen molar-refractivity contribution in [2.24, 2.45) is 0 Å². The molecular weight excluding hydrogens is 372 g/mol. The van der Waals surface area contributed by atoms with E-state index in [0.717, 1.165) is 24.8 Å². The highest BCUT2D eigenvalue weighted by Crippen LogP contribution is 2.43. The fourth-order valence-electron chi connectivity index (χ4n) is 4.87. The maximum absolute atomic E-state index is 4.08. The van der Waals surface area contributed by atoms with Crippen LogP contribution in [0.25, 0.3) is 22.8 Å². The second-order valence-electron chi connectivity index (χ2n) is 9.81. The SMILES string of the molecule is C=C(C)c1ccc(/C(C)=C/c2ccc3c(c2)C(C2=CC=CCC2)=CCC3(C)C)c(C)c1. The van der Waals surface area contributed by atoms with Gasteiger partial charge in [-0.3, -0.25) is 0 Å². The van der Waals surface area contributed by atoms with Crippen molar-refractivity contribution < 1.29 is 0 Å². The van der Waals surface area contributed by atoms with Crippen LogP contribution in [0, 0.1) is 6.92 Å². The van der Waals surface area contributed by atoms with Crippen LogP contribution >= 0.6 is 0 Å². The Hall–Kier alpha value is -2.86. The van der Waals surface area contributed by atoms with E-state index in [1.165, 1.54) is 50.1 Å². The van der Waals surface area contributed by atoms with Crippen LogP contribution in [0.4, 0.5) is 0 Å². The fraction of sp³-hybridized carbons (Fsp3) is 0.290. The van der Waals surface area contributed by atoms with Gasteiger partial charge in [-0.25, -0.2) is 0 Å². The summed E-state index contributed by atoms with van der Waals surface area (Å²) in [6, 6.07) is 13.7. The zero-order chi connectivity index (χ0) is 22.2. The average Bonchev–Trinajstić information content (AvgIpc) is 2.74. The van der Waals surface area contributed by atoms with E-state index in [1.54, 1.807) is 0 Å². The molecular formula is C31H34. The highest BCUT2D eigenvalue weighted by Gasteiger charge is 2.29. The first-order valence-electron chi connectivity index (χ1n) is 11.4. The van der Waals surface area contributed by atoms with Crippen LogP contribution in [-0.2, 0) is 5.41 Å². The molecule has 31 heavy (non-hydrogen) atoms. The summed E-state index contributed by atoms with van der Waals surface area (Å²) in [5, 5.41) is 0.